The Morgan fingerprint density at radius 2 is 1.02 bits per heavy atom. The fourth-order valence-corrected chi connectivity index (χ4v) is 9.43. The monoisotopic (exact) mass is 764 g/mol. The summed E-state index contributed by atoms with van der Waals surface area (Å²) < 4.78 is 17.3. The zero-order valence-electron chi connectivity index (χ0n) is 31.6. The molecule has 2 nitrogen and oxygen atoms in total. The molecule has 0 fully saturated rings. The van der Waals surface area contributed by atoms with Gasteiger partial charge >= 0.3 is 0 Å². The molecule has 0 aliphatic heterocycles. The molecule has 0 amide bonds. The SMILES string of the molecule is C=Cc1sc2c(-c3ccc(N(c4ccc(-c5ccccc5)cc4)c4ccc(-c5ccc6c(c5)c5ccccc5n6-c5ccc(F)cc5)cc4)cc3)cccc2c1C=C. The van der Waals surface area contributed by atoms with Crippen LogP contribution >= 0.6 is 11.3 Å². The molecule has 0 aliphatic rings. The van der Waals surface area contributed by atoms with Crippen molar-refractivity contribution in [1.29, 1.82) is 0 Å². The smallest absolute Gasteiger partial charge is 0.123 e. The molecule has 2 heterocycles. The van der Waals surface area contributed by atoms with Gasteiger partial charge in [-0.15, -0.1) is 11.3 Å². The predicted molar refractivity (Wildman–Crippen MR) is 247 cm³/mol. The third-order valence-electron chi connectivity index (χ3n) is 11.1. The second-order valence-corrected chi connectivity index (χ2v) is 15.4. The van der Waals surface area contributed by atoms with E-state index in [0.717, 1.165) is 71.7 Å². The molecule has 10 rings (SSSR count). The summed E-state index contributed by atoms with van der Waals surface area (Å²) in [4.78, 5) is 3.46. The lowest BCUT2D eigenvalue weighted by Gasteiger charge is -2.26. The van der Waals surface area contributed by atoms with Crippen LogP contribution in [0, 0.1) is 5.82 Å². The molecule has 0 bridgehead atoms. The lowest BCUT2D eigenvalue weighted by Crippen LogP contribution is -2.09. The van der Waals surface area contributed by atoms with Gasteiger partial charge in [-0.05, 0) is 118 Å². The summed E-state index contributed by atoms with van der Waals surface area (Å²) in [6, 6.07) is 65.3. The number of halogens is 1. The quantitative estimate of drug-likeness (QED) is 0.142. The molecule has 4 heteroatoms. The maximum atomic E-state index is 13.9. The van der Waals surface area contributed by atoms with Gasteiger partial charge in [0.15, 0.2) is 0 Å². The largest absolute Gasteiger partial charge is 0.311 e. The third kappa shape index (κ3) is 6.12. The van der Waals surface area contributed by atoms with E-state index in [2.05, 4.69) is 180 Å². The van der Waals surface area contributed by atoms with Crippen LogP contribution in [-0.4, -0.2) is 4.57 Å². The molecule has 276 valence electrons. The Morgan fingerprint density at radius 3 is 1.67 bits per heavy atom. The van der Waals surface area contributed by atoms with Gasteiger partial charge in [-0.1, -0.05) is 135 Å². The number of anilines is 3. The van der Waals surface area contributed by atoms with Gasteiger partial charge in [0.25, 0.3) is 0 Å². The fourth-order valence-electron chi connectivity index (χ4n) is 8.24. The van der Waals surface area contributed by atoms with Crippen molar-refractivity contribution in [3.05, 3.63) is 217 Å². The zero-order valence-corrected chi connectivity index (χ0v) is 32.5. The van der Waals surface area contributed by atoms with Gasteiger partial charge in [-0.3, -0.25) is 0 Å². The van der Waals surface area contributed by atoms with E-state index in [1.165, 1.54) is 38.9 Å². The van der Waals surface area contributed by atoms with Crippen LogP contribution < -0.4 is 4.90 Å². The molecule has 0 saturated carbocycles. The van der Waals surface area contributed by atoms with Crippen LogP contribution in [0.2, 0.25) is 0 Å². The Morgan fingerprint density at radius 1 is 0.466 bits per heavy atom. The zero-order chi connectivity index (χ0) is 39.2. The number of hydrogen-bond donors (Lipinski definition) is 0. The summed E-state index contributed by atoms with van der Waals surface area (Å²) >= 11 is 1.76. The van der Waals surface area contributed by atoms with Crippen LogP contribution in [0.25, 0.3) is 83.1 Å². The van der Waals surface area contributed by atoms with Crippen molar-refractivity contribution in [2.75, 3.05) is 4.90 Å². The first-order valence-electron chi connectivity index (χ1n) is 19.3. The van der Waals surface area contributed by atoms with Crippen molar-refractivity contribution in [1.82, 2.24) is 4.57 Å². The number of thiophene rings is 1. The van der Waals surface area contributed by atoms with E-state index in [9.17, 15) is 4.39 Å². The summed E-state index contributed by atoms with van der Waals surface area (Å²) in [6.45, 7) is 8.13. The topological polar surface area (TPSA) is 8.17 Å². The van der Waals surface area contributed by atoms with Gasteiger partial charge in [0.05, 0.1) is 11.0 Å². The van der Waals surface area contributed by atoms with E-state index in [0.29, 0.717) is 0 Å². The van der Waals surface area contributed by atoms with Crippen LogP contribution in [0.1, 0.15) is 10.4 Å². The van der Waals surface area contributed by atoms with E-state index in [-0.39, 0.29) is 5.82 Å². The molecule has 58 heavy (non-hydrogen) atoms. The van der Waals surface area contributed by atoms with Crippen LogP contribution in [0.15, 0.2) is 201 Å². The first-order valence-corrected chi connectivity index (χ1v) is 20.2. The molecule has 0 atom stereocenters. The van der Waals surface area contributed by atoms with Crippen molar-refractivity contribution >= 4 is 72.4 Å². The van der Waals surface area contributed by atoms with Gasteiger partial charge in [-0.25, -0.2) is 4.39 Å². The molecule has 8 aromatic carbocycles. The Balaban J connectivity index is 1.04. The average Bonchev–Trinajstić information content (AvgIpc) is 3.83. The third-order valence-corrected chi connectivity index (χ3v) is 12.3. The predicted octanol–water partition coefficient (Wildman–Crippen LogP) is 15.9. The van der Waals surface area contributed by atoms with Crippen molar-refractivity contribution in [2.45, 2.75) is 0 Å². The summed E-state index contributed by atoms with van der Waals surface area (Å²) in [5.41, 5.74) is 14.4. The van der Waals surface area contributed by atoms with E-state index < -0.39 is 0 Å². The second-order valence-electron chi connectivity index (χ2n) is 14.4. The maximum absolute atomic E-state index is 13.9. The molecule has 10 aromatic rings. The summed E-state index contributed by atoms with van der Waals surface area (Å²) in [5, 5.41) is 3.52. The fraction of sp³-hybridized carbons (Fsp3) is 0. The number of fused-ring (bicyclic) bond motifs is 4. The Bertz CT molecular complexity index is 3120. The van der Waals surface area contributed by atoms with E-state index >= 15 is 0 Å². The molecular weight excluding hydrogens is 728 g/mol. The van der Waals surface area contributed by atoms with Gasteiger partial charge in [0.1, 0.15) is 5.82 Å². The molecule has 0 saturated heterocycles. The van der Waals surface area contributed by atoms with Crippen LogP contribution in [0.4, 0.5) is 21.5 Å². The first-order chi connectivity index (χ1) is 28.6. The number of hydrogen-bond acceptors (Lipinski definition) is 2. The highest BCUT2D eigenvalue weighted by Crippen LogP contribution is 2.42. The highest BCUT2D eigenvalue weighted by atomic mass is 32.1. The minimum atomic E-state index is -0.243. The van der Waals surface area contributed by atoms with E-state index in [4.69, 9.17) is 0 Å². The number of rotatable bonds is 9. The maximum Gasteiger partial charge on any atom is 0.123 e. The molecule has 0 unspecified atom stereocenters. The lowest BCUT2D eigenvalue weighted by atomic mass is 10.0. The van der Waals surface area contributed by atoms with Crippen molar-refractivity contribution in [2.24, 2.45) is 0 Å². The van der Waals surface area contributed by atoms with Gasteiger partial charge in [0.2, 0.25) is 0 Å². The second kappa shape index (κ2) is 14.7. The van der Waals surface area contributed by atoms with E-state index in [1.807, 2.05) is 30.4 Å². The first kappa shape index (κ1) is 35.2. The molecule has 0 spiro atoms. The number of aromatic nitrogens is 1. The Kier molecular flexibility index (Phi) is 8.89. The van der Waals surface area contributed by atoms with Crippen LogP contribution in [0.3, 0.4) is 0 Å². The molecular formula is C54H37FN2S. The van der Waals surface area contributed by atoms with Gasteiger partial charge < -0.3 is 9.47 Å². The van der Waals surface area contributed by atoms with Crippen molar-refractivity contribution in [3.63, 3.8) is 0 Å². The number of nitrogens with zero attached hydrogens (tertiary/aromatic N) is 2. The lowest BCUT2D eigenvalue weighted by molar-refractivity contribution is 0.627. The summed E-state index contributed by atoms with van der Waals surface area (Å²) in [6.07, 6.45) is 3.86. The van der Waals surface area contributed by atoms with Crippen LogP contribution in [-0.2, 0) is 0 Å². The minimum absolute atomic E-state index is 0.243. The highest BCUT2D eigenvalue weighted by molar-refractivity contribution is 7.20. The molecule has 0 N–H and O–H groups in total. The number of benzene rings is 8. The van der Waals surface area contributed by atoms with Crippen LogP contribution in [0.5, 0.6) is 0 Å². The highest BCUT2D eigenvalue weighted by Gasteiger charge is 2.17. The van der Waals surface area contributed by atoms with E-state index in [1.54, 1.807) is 11.3 Å². The van der Waals surface area contributed by atoms with Gasteiger partial charge in [-0.2, -0.15) is 0 Å². The molecule has 0 radical (unpaired) electrons. The standard InChI is InChI=1S/C54H37FN2S/c1-3-46-49-15-10-14-47(54(49)58-53(46)4-2)39-21-30-44(31-22-39)56(42-26-17-37(18-27-42)36-11-6-5-7-12-36)43-28-19-38(20-29-43)40-23-34-52-50(35-40)48-13-8-9-16-51(48)57(52)45-32-24-41(55)25-33-45/h3-35H,1-2H2. The Labute approximate surface area is 341 Å². The van der Waals surface area contributed by atoms with Gasteiger partial charge in [0, 0.05) is 48.5 Å². The van der Waals surface area contributed by atoms with Crippen molar-refractivity contribution in [3.8, 4) is 39.1 Å². The molecule has 2 aromatic heterocycles. The minimum Gasteiger partial charge on any atom is -0.311 e. The normalized spacial score (nSPS) is 11.3. The average molecular weight is 765 g/mol. The van der Waals surface area contributed by atoms with Crippen molar-refractivity contribution < 1.29 is 4.39 Å². The number of para-hydroxylation sites is 1. The summed E-state index contributed by atoms with van der Waals surface area (Å²) in [5.74, 6) is -0.243. The summed E-state index contributed by atoms with van der Waals surface area (Å²) in [7, 11) is 0. The Hall–Kier alpha value is -7.27. The molecule has 0 aliphatic carbocycles.